The first-order valence-corrected chi connectivity index (χ1v) is 7.11. The average Bonchev–Trinajstić information content (AvgIpc) is 2.48. The molecule has 0 saturated heterocycles. The predicted octanol–water partition coefficient (Wildman–Crippen LogP) is 3.63. The molecule has 0 spiro atoms. The zero-order valence-corrected chi connectivity index (χ0v) is 12.4. The largest absolute Gasteiger partial charge is 0.481 e. The van der Waals surface area contributed by atoms with Gasteiger partial charge in [-0.15, -0.1) is 0 Å². The maximum Gasteiger partial charge on any atom is 0.308 e. The summed E-state index contributed by atoms with van der Waals surface area (Å²) >= 11 is 5.86. The molecule has 0 heterocycles. The van der Waals surface area contributed by atoms with E-state index in [0.717, 1.165) is 16.7 Å². The summed E-state index contributed by atoms with van der Waals surface area (Å²) in [5.41, 5.74) is 3.02. The van der Waals surface area contributed by atoms with Gasteiger partial charge in [-0.05, 0) is 42.2 Å². The van der Waals surface area contributed by atoms with Gasteiger partial charge < -0.3 is 10.2 Å². The van der Waals surface area contributed by atoms with E-state index >= 15 is 0 Å². The second-order valence-corrected chi connectivity index (χ2v) is 5.54. The second-order valence-electron chi connectivity index (χ2n) is 5.10. The van der Waals surface area contributed by atoms with Crippen molar-refractivity contribution in [3.05, 3.63) is 59.1 Å². The van der Waals surface area contributed by atoms with Crippen molar-refractivity contribution in [2.45, 2.75) is 19.4 Å². The van der Waals surface area contributed by atoms with Crippen LogP contribution in [-0.4, -0.2) is 22.3 Å². The van der Waals surface area contributed by atoms with Crippen molar-refractivity contribution >= 4 is 17.6 Å². The predicted molar refractivity (Wildman–Crippen MR) is 83.4 cm³/mol. The minimum Gasteiger partial charge on any atom is -0.481 e. The van der Waals surface area contributed by atoms with Crippen LogP contribution >= 0.6 is 11.6 Å². The van der Waals surface area contributed by atoms with Gasteiger partial charge in [-0.3, -0.25) is 4.79 Å². The maximum atomic E-state index is 10.8. The number of hydrogen-bond acceptors (Lipinski definition) is 2. The zero-order chi connectivity index (χ0) is 15.4. The Balaban J connectivity index is 2.08. The van der Waals surface area contributed by atoms with Crippen LogP contribution in [0.25, 0.3) is 11.1 Å². The summed E-state index contributed by atoms with van der Waals surface area (Å²) in [6.45, 7) is 1.51. The molecule has 110 valence electrons. The lowest BCUT2D eigenvalue weighted by atomic mass is 9.96. The number of rotatable bonds is 5. The van der Waals surface area contributed by atoms with Gasteiger partial charge in [-0.25, -0.2) is 0 Å². The molecule has 0 saturated carbocycles. The standard InChI is InChI=1S/C17H17ClO3/c1-11(17(20)21)16(19)10-12-2-4-13(5-3-12)14-6-8-15(18)9-7-14/h2-9,11,16,19H,10H2,1H3,(H,20,21). The topological polar surface area (TPSA) is 57.5 Å². The summed E-state index contributed by atoms with van der Waals surface area (Å²) in [6.07, 6.45) is -0.558. The third-order valence-corrected chi connectivity index (χ3v) is 3.79. The molecule has 0 aliphatic carbocycles. The van der Waals surface area contributed by atoms with Gasteiger partial charge in [-0.2, -0.15) is 0 Å². The van der Waals surface area contributed by atoms with Crippen LogP contribution in [0, 0.1) is 5.92 Å². The molecular weight excluding hydrogens is 288 g/mol. The number of halogens is 1. The molecule has 0 aliphatic rings. The van der Waals surface area contributed by atoms with Crippen molar-refractivity contribution < 1.29 is 15.0 Å². The molecule has 0 aromatic heterocycles. The van der Waals surface area contributed by atoms with Crippen molar-refractivity contribution in [1.29, 1.82) is 0 Å². The lowest BCUT2D eigenvalue weighted by Crippen LogP contribution is -2.27. The summed E-state index contributed by atoms with van der Waals surface area (Å²) in [7, 11) is 0. The Bertz CT molecular complexity index is 605. The van der Waals surface area contributed by atoms with Gasteiger partial charge in [-0.1, -0.05) is 48.0 Å². The van der Waals surface area contributed by atoms with Gasteiger partial charge in [0.05, 0.1) is 12.0 Å². The van der Waals surface area contributed by atoms with Crippen LogP contribution in [0.1, 0.15) is 12.5 Å². The highest BCUT2D eigenvalue weighted by molar-refractivity contribution is 6.30. The molecule has 0 radical (unpaired) electrons. The lowest BCUT2D eigenvalue weighted by Gasteiger charge is -2.15. The lowest BCUT2D eigenvalue weighted by molar-refractivity contribution is -0.144. The van der Waals surface area contributed by atoms with Crippen LogP contribution in [-0.2, 0) is 11.2 Å². The highest BCUT2D eigenvalue weighted by Gasteiger charge is 2.21. The maximum absolute atomic E-state index is 10.8. The minimum atomic E-state index is -0.986. The molecular formula is C17H17ClO3. The van der Waals surface area contributed by atoms with E-state index in [4.69, 9.17) is 16.7 Å². The van der Waals surface area contributed by atoms with Gasteiger partial charge in [0.1, 0.15) is 0 Å². The number of aliphatic hydroxyl groups excluding tert-OH is 1. The van der Waals surface area contributed by atoms with Crippen molar-refractivity contribution in [3.63, 3.8) is 0 Å². The van der Waals surface area contributed by atoms with E-state index in [9.17, 15) is 9.90 Å². The van der Waals surface area contributed by atoms with Crippen molar-refractivity contribution in [2.75, 3.05) is 0 Å². The third kappa shape index (κ3) is 4.06. The van der Waals surface area contributed by atoms with E-state index in [-0.39, 0.29) is 0 Å². The molecule has 0 bridgehead atoms. The molecule has 2 atom stereocenters. The fraction of sp³-hybridized carbons (Fsp3) is 0.235. The Hall–Kier alpha value is -1.84. The van der Waals surface area contributed by atoms with E-state index in [1.54, 1.807) is 0 Å². The highest BCUT2D eigenvalue weighted by Crippen LogP contribution is 2.22. The molecule has 0 fully saturated rings. The Morgan fingerprint density at radius 1 is 1.05 bits per heavy atom. The molecule has 3 nitrogen and oxygen atoms in total. The van der Waals surface area contributed by atoms with Gasteiger partial charge in [0.15, 0.2) is 0 Å². The number of carboxylic acid groups (broad SMARTS) is 1. The van der Waals surface area contributed by atoms with E-state index in [2.05, 4.69) is 0 Å². The first kappa shape index (κ1) is 15.5. The summed E-state index contributed by atoms with van der Waals surface area (Å²) in [5, 5.41) is 19.4. The van der Waals surface area contributed by atoms with E-state index < -0.39 is 18.0 Å². The number of benzene rings is 2. The molecule has 2 rings (SSSR count). The van der Waals surface area contributed by atoms with E-state index in [1.165, 1.54) is 6.92 Å². The summed E-state index contributed by atoms with van der Waals surface area (Å²) in [5.74, 6) is -1.76. The Morgan fingerprint density at radius 2 is 1.52 bits per heavy atom. The molecule has 0 aliphatic heterocycles. The SMILES string of the molecule is CC(C(=O)O)C(O)Cc1ccc(-c2ccc(Cl)cc2)cc1. The van der Waals surface area contributed by atoms with Crippen LogP contribution in [0.2, 0.25) is 5.02 Å². The number of carboxylic acids is 1. The van der Waals surface area contributed by atoms with Gasteiger partial charge in [0.25, 0.3) is 0 Å². The minimum absolute atomic E-state index is 0.328. The summed E-state index contributed by atoms with van der Waals surface area (Å²) < 4.78 is 0. The van der Waals surface area contributed by atoms with Gasteiger partial charge in [0.2, 0.25) is 0 Å². The number of hydrogen-bond donors (Lipinski definition) is 2. The second kappa shape index (κ2) is 6.74. The number of aliphatic carboxylic acids is 1. The smallest absolute Gasteiger partial charge is 0.308 e. The fourth-order valence-electron chi connectivity index (χ4n) is 2.06. The quantitative estimate of drug-likeness (QED) is 0.887. The van der Waals surface area contributed by atoms with Crippen LogP contribution in [0.15, 0.2) is 48.5 Å². The van der Waals surface area contributed by atoms with Crippen molar-refractivity contribution in [1.82, 2.24) is 0 Å². The van der Waals surface area contributed by atoms with E-state index in [0.29, 0.717) is 11.4 Å². The van der Waals surface area contributed by atoms with Gasteiger partial charge >= 0.3 is 5.97 Å². The van der Waals surface area contributed by atoms with Crippen molar-refractivity contribution in [3.8, 4) is 11.1 Å². The Kier molecular flexibility index (Phi) is 4.99. The molecule has 2 N–H and O–H groups in total. The van der Waals surface area contributed by atoms with Crippen LogP contribution in [0.5, 0.6) is 0 Å². The van der Waals surface area contributed by atoms with Crippen LogP contribution in [0.3, 0.4) is 0 Å². The Labute approximate surface area is 128 Å². The van der Waals surface area contributed by atoms with Crippen LogP contribution in [0.4, 0.5) is 0 Å². The Morgan fingerprint density at radius 3 is 2.00 bits per heavy atom. The van der Waals surface area contributed by atoms with Crippen molar-refractivity contribution in [2.24, 2.45) is 5.92 Å². The molecule has 2 aromatic carbocycles. The summed E-state index contributed by atoms with van der Waals surface area (Å²) in [6, 6.07) is 15.3. The molecule has 2 aromatic rings. The fourth-order valence-corrected chi connectivity index (χ4v) is 2.18. The first-order valence-electron chi connectivity index (χ1n) is 6.73. The number of aliphatic hydroxyl groups is 1. The number of carbonyl (C=O) groups is 1. The van der Waals surface area contributed by atoms with E-state index in [1.807, 2.05) is 48.5 Å². The molecule has 4 heteroatoms. The van der Waals surface area contributed by atoms with Crippen LogP contribution < -0.4 is 0 Å². The third-order valence-electron chi connectivity index (χ3n) is 3.54. The monoisotopic (exact) mass is 304 g/mol. The molecule has 0 amide bonds. The first-order chi connectivity index (χ1) is 9.97. The van der Waals surface area contributed by atoms with Gasteiger partial charge in [0, 0.05) is 5.02 Å². The molecule has 2 unspecified atom stereocenters. The average molecular weight is 305 g/mol. The zero-order valence-electron chi connectivity index (χ0n) is 11.7. The normalized spacial score (nSPS) is 13.7. The highest BCUT2D eigenvalue weighted by atomic mass is 35.5. The molecule has 21 heavy (non-hydrogen) atoms. The summed E-state index contributed by atoms with van der Waals surface area (Å²) in [4.78, 5) is 10.8.